The van der Waals surface area contributed by atoms with E-state index in [1.54, 1.807) is 20.2 Å². The summed E-state index contributed by atoms with van der Waals surface area (Å²) in [5.74, 6) is -0.102. The Kier molecular flexibility index (Phi) is 4.01. The van der Waals surface area contributed by atoms with Crippen LogP contribution in [0, 0.1) is 6.92 Å². The second-order valence-corrected chi connectivity index (χ2v) is 6.20. The summed E-state index contributed by atoms with van der Waals surface area (Å²) in [6, 6.07) is 7.67. The van der Waals surface area contributed by atoms with Crippen molar-refractivity contribution in [3.63, 3.8) is 0 Å². The maximum atomic E-state index is 12.3. The van der Waals surface area contributed by atoms with E-state index in [9.17, 15) is 4.79 Å². The molecule has 0 spiro atoms. The van der Waals surface area contributed by atoms with E-state index < -0.39 is 0 Å². The Labute approximate surface area is 141 Å². The minimum absolute atomic E-state index is 0.102. The highest BCUT2D eigenvalue weighted by Gasteiger charge is 2.14. The van der Waals surface area contributed by atoms with E-state index in [4.69, 9.17) is 5.73 Å². The first-order valence-corrected chi connectivity index (χ1v) is 8.01. The molecule has 3 aromatic rings. The Bertz CT molecular complexity index is 925. The van der Waals surface area contributed by atoms with Crippen LogP contribution < -0.4 is 5.73 Å². The third-order valence-electron chi connectivity index (χ3n) is 4.35. The Morgan fingerprint density at radius 1 is 1.25 bits per heavy atom. The third kappa shape index (κ3) is 2.62. The van der Waals surface area contributed by atoms with E-state index in [0.717, 1.165) is 34.3 Å². The summed E-state index contributed by atoms with van der Waals surface area (Å²) in [5, 5.41) is 1.13. The molecule has 0 bridgehead atoms. The van der Waals surface area contributed by atoms with Crippen LogP contribution in [0.3, 0.4) is 0 Å². The Hall–Kier alpha value is -2.82. The highest BCUT2D eigenvalue weighted by Crippen LogP contribution is 2.29. The number of nitrogen functional groups attached to an aromatic ring is 1. The van der Waals surface area contributed by atoms with Gasteiger partial charge in [0.2, 0.25) is 0 Å². The molecule has 124 valence electrons. The first-order chi connectivity index (χ1) is 11.4. The summed E-state index contributed by atoms with van der Waals surface area (Å²) in [6.07, 6.45) is 2.77. The first-order valence-electron chi connectivity index (χ1n) is 8.01. The van der Waals surface area contributed by atoms with Crippen LogP contribution in [0.1, 0.15) is 28.5 Å². The van der Waals surface area contributed by atoms with E-state index in [-0.39, 0.29) is 5.91 Å². The second kappa shape index (κ2) is 6.00. The van der Waals surface area contributed by atoms with Gasteiger partial charge in [0.25, 0.3) is 5.91 Å². The summed E-state index contributed by atoms with van der Waals surface area (Å²) in [7, 11) is 3.44. The Morgan fingerprint density at radius 3 is 2.67 bits per heavy atom. The Balaban J connectivity index is 2.13. The van der Waals surface area contributed by atoms with E-state index in [1.807, 2.05) is 18.3 Å². The van der Waals surface area contributed by atoms with E-state index in [0.29, 0.717) is 11.3 Å². The molecule has 1 amide bonds. The van der Waals surface area contributed by atoms with Gasteiger partial charge in [-0.3, -0.25) is 4.79 Å². The number of amides is 1. The summed E-state index contributed by atoms with van der Waals surface area (Å²) in [5.41, 5.74) is 12.2. The number of hydrogen-bond acceptors (Lipinski definition) is 3. The highest BCUT2D eigenvalue weighted by atomic mass is 16.2. The average Bonchev–Trinajstić information content (AvgIpc) is 2.88. The molecule has 2 heterocycles. The van der Waals surface area contributed by atoms with Gasteiger partial charge in [0.1, 0.15) is 5.65 Å². The lowest BCUT2D eigenvalue weighted by Gasteiger charge is -2.13. The van der Waals surface area contributed by atoms with Gasteiger partial charge in [0.05, 0.1) is 5.56 Å². The van der Waals surface area contributed by atoms with Crippen LogP contribution in [-0.4, -0.2) is 34.9 Å². The number of carbonyl (C=O) groups is 1. The number of pyridine rings is 1. The smallest absolute Gasteiger partial charge is 0.255 e. The van der Waals surface area contributed by atoms with Crippen molar-refractivity contribution >= 4 is 22.6 Å². The van der Waals surface area contributed by atoms with Gasteiger partial charge in [0, 0.05) is 42.6 Å². The molecule has 0 aliphatic carbocycles. The van der Waals surface area contributed by atoms with E-state index in [1.165, 1.54) is 10.5 Å². The van der Waals surface area contributed by atoms with E-state index in [2.05, 4.69) is 29.9 Å². The number of nitrogens with two attached hydrogens (primary N) is 1. The number of H-pyrrole nitrogens is 1. The molecule has 1 aromatic carbocycles. The zero-order chi connectivity index (χ0) is 17.4. The van der Waals surface area contributed by atoms with Gasteiger partial charge in [-0.15, -0.1) is 0 Å². The maximum absolute atomic E-state index is 12.3. The predicted molar refractivity (Wildman–Crippen MR) is 98.1 cm³/mol. The van der Waals surface area contributed by atoms with Crippen LogP contribution in [0.5, 0.6) is 0 Å². The standard InChI is InChI=1S/C19H22N4O/c1-5-14-11(2)22-18-15(14)9-13(10-21-18)12-6-7-17(20)16(8-12)19(24)23(3)4/h6-10H,5,20H2,1-4H3,(H,21,22). The van der Waals surface area contributed by atoms with Gasteiger partial charge in [0.15, 0.2) is 0 Å². The number of anilines is 1. The quantitative estimate of drug-likeness (QED) is 0.726. The number of carbonyl (C=O) groups excluding carboxylic acids is 1. The number of aromatic nitrogens is 2. The molecule has 0 saturated heterocycles. The lowest BCUT2D eigenvalue weighted by atomic mass is 10.0. The Morgan fingerprint density at radius 2 is 2.00 bits per heavy atom. The molecule has 3 N–H and O–H groups in total. The molecule has 5 nitrogen and oxygen atoms in total. The SMILES string of the molecule is CCc1c(C)[nH]c2ncc(-c3ccc(N)c(C(=O)N(C)C)c3)cc12. The van der Waals surface area contributed by atoms with Crippen molar-refractivity contribution in [3.8, 4) is 11.1 Å². The van der Waals surface area contributed by atoms with Crippen molar-refractivity contribution < 1.29 is 4.79 Å². The number of benzene rings is 1. The van der Waals surface area contributed by atoms with Gasteiger partial charge in [-0.25, -0.2) is 4.98 Å². The van der Waals surface area contributed by atoms with Crippen LogP contribution in [-0.2, 0) is 6.42 Å². The predicted octanol–water partition coefficient (Wildman–Crippen LogP) is 3.38. The van der Waals surface area contributed by atoms with Crippen LogP contribution in [0.2, 0.25) is 0 Å². The fourth-order valence-corrected chi connectivity index (χ4v) is 3.02. The second-order valence-electron chi connectivity index (χ2n) is 6.20. The molecule has 0 unspecified atom stereocenters. The van der Waals surface area contributed by atoms with Crippen molar-refractivity contribution in [1.29, 1.82) is 0 Å². The number of aromatic amines is 1. The number of rotatable bonds is 3. The molecular formula is C19H22N4O. The lowest BCUT2D eigenvalue weighted by Crippen LogP contribution is -2.22. The molecule has 2 aromatic heterocycles. The zero-order valence-corrected chi connectivity index (χ0v) is 14.5. The fourth-order valence-electron chi connectivity index (χ4n) is 3.02. The first kappa shape index (κ1) is 16.1. The van der Waals surface area contributed by atoms with Crippen molar-refractivity contribution in [2.75, 3.05) is 19.8 Å². The molecule has 24 heavy (non-hydrogen) atoms. The van der Waals surface area contributed by atoms with Crippen LogP contribution in [0.25, 0.3) is 22.2 Å². The lowest BCUT2D eigenvalue weighted by molar-refractivity contribution is 0.0828. The topological polar surface area (TPSA) is 75.0 Å². The van der Waals surface area contributed by atoms with Gasteiger partial charge in [-0.05, 0) is 42.7 Å². The van der Waals surface area contributed by atoms with Gasteiger partial charge in [-0.2, -0.15) is 0 Å². The normalized spacial score (nSPS) is 11.0. The van der Waals surface area contributed by atoms with Crippen molar-refractivity contribution in [2.24, 2.45) is 0 Å². The summed E-state index contributed by atoms with van der Waals surface area (Å²) < 4.78 is 0. The number of nitrogens with one attached hydrogen (secondary N) is 1. The minimum Gasteiger partial charge on any atom is -0.398 e. The monoisotopic (exact) mass is 322 g/mol. The zero-order valence-electron chi connectivity index (χ0n) is 14.5. The molecule has 3 rings (SSSR count). The minimum atomic E-state index is -0.102. The van der Waals surface area contributed by atoms with Gasteiger partial charge >= 0.3 is 0 Å². The molecule has 0 radical (unpaired) electrons. The summed E-state index contributed by atoms with van der Waals surface area (Å²) in [4.78, 5) is 21.7. The highest BCUT2D eigenvalue weighted by molar-refractivity contribution is 6.00. The summed E-state index contributed by atoms with van der Waals surface area (Å²) >= 11 is 0. The van der Waals surface area contributed by atoms with Crippen LogP contribution >= 0.6 is 0 Å². The van der Waals surface area contributed by atoms with Crippen LogP contribution in [0.15, 0.2) is 30.5 Å². The van der Waals surface area contributed by atoms with E-state index >= 15 is 0 Å². The fraction of sp³-hybridized carbons (Fsp3) is 0.263. The largest absolute Gasteiger partial charge is 0.398 e. The van der Waals surface area contributed by atoms with Crippen molar-refractivity contribution in [2.45, 2.75) is 20.3 Å². The van der Waals surface area contributed by atoms with Crippen LogP contribution in [0.4, 0.5) is 5.69 Å². The average molecular weight is 322 g/mol. The number of aryl methyl sites for hydroxylation is 2. The molecule has 0 atom stereocenters. The van der Waals surface area contributed by atoms with Gasteiger partial charge in [-0.1, -0.05) is 13.0 Å². The summed E-state index contributed by atoms with van der Waals surface area (Å²) in [6.45, 7) is 4.20. The molecule has 0 aliphatic heterocycles. The molecule has 0 aliphatic rings. The molecule has 0 fully saturated rings. The third-order valence-corrected chi connectivity index (χ3v) is 4.35. The maximum Gasteiger partial charge on any atom is 0.255 e. The molecular weight excluding hydrogens is 300 g/mol. The van der Waals surface area contributed by atoms with Gasteiger partial charge < -0.3 is 15.6 Å². The number of nitrogens with zero attached hydrogens (tertiary/aromatic N) is 2. The molecule has 5 heteroatoms. The number of fused-ring (bicyclic) bond motifs is 1. The van der Waals surface area contributed by atoms with Crippen molar-refractivity contribution in [1.82, 2.24) is 14.9 Å². The number of hydrogen-bond donors (Lipinski definition) is 2. The molecule has 0 saturated carbocycles. The van der Waals surface area contributed by atoms with Crippen molar-refractivity contribution in [3.05, 3.63) is 47.3 Å².